The largest absolute Gasteiger partial charge is 0.507 e. The van der Waals surface area contributed by atoms with Gasteiger partial charge in [-0.2, -0.15) is 0 Å². The van der Waals surface area contributed by atoms with Crippen LogP contribution < -0.4 is 10.6 Å². The number of amides is 2. The standard InChI is InChI=1S/C22H23FN2O4/c1-2-20(27)25-17-7-8-19(26)18(13-17)21(28)24-14-22(9-11-29-12-10-22)15-3-5-16(23)6-4-15/h2-8,13,26H,1,9-12,14H2,(H,24,28)(H,25,27). The highest BCUT2D eigenvalue weighted by atomic mass is 19.1. The van der Waals surface area contributed by atoms with Gasteiger partial charge in [0.15, 0.2) is 0 Å². The minimum Gasteiger partial charge on any atom is -0.507 e. The van der Waals surface area contributed by atoms with Gasteiger partial charge in [0.05, 0.1) is 5.56 Å². The first kappa shape index (κ1) is 20.5. The van der Waals surface area contributed by atoms with Crippen LogP contribution in [0.3, 0.4) is 0 Å². The second-order valence-electron chi connectivity index (χ2n) is 7.01. The Labute approximate surface area is 168 Å². The summed E-state index contributed by atoms with van der Waals surface area (Å²) < 4.78 is 18.8. The van der Waals surface area contributed by atoms with Crippen LogP contribution in [0, 0.1) is 5.82 Å². The third-order valence-corrected chi connectivity index (χ3v) is 5.19. The van der Waals surface area contributed by atoms with Crippen molar-refractivity contribution >= 4 is 17.5 Å². The molecule has 6 nitrogen and oxygen atoms in total. The molecule has 1 saturated heterocycles. The predicted octanol–water partition coefficient (Wildman–Crippen LogP) is 3.13. The monoisotopic (exact) mass is 398 g/mol. The Morgan fingerprint density at radius 1 is 1.17 bits per heavy atom. The zero-order valence-corrected chi connectivity index (χ0v) is 15.9. The fourth-order valence-corrected chi connectivity index (χ4v) is 3.47. The molecule has 0 saturated carbocycles. The molecule has 2 amide bonds. The van der Waals surface area contributed by atoms with E-state index in [-0.39, 0.29) is 22.5 Å². The van der Waals surface area contributed by atoms with Crippen LogP contribution in [-0.2, 0) is 14.9 Å². The highest BCUT2D eigenvalue weighted by Crippen LogP contribution is 2.34. The fourth-order valence-electron chi connectivity index (χ4n) is 3.47. The number of phenolic OH excluding ortho intramolecular Hbond substituents is 1. The number of anilines is 1. The van der Waals surface area contributed by atoms with E-state index in [1.54, 1.807) is 12.1 Å². The molecule has 0 atom stereocenters. The Morgan fingerprint density at radius 2 is 1.86 bits per heavy atom. The topological polar surface area (TPSA) is 87.7 Å². The number of nitrogens with one attached hydrogen (secondary N) is 2. The van der Waals surface area contributed by atoms with Crippen LogP contribution in [0.4, 0.5) is 10.1 Å². The van der Waals surface area contributed by atoms with Gasteiger partial charge < -0.3 is 20.5 Å². The molecule has 2 aromatic carbocycles. The molecule has 0 unspecified atom stereocenters. The molecule has 2 aromatic rings. The summed E-state index contributed by atoms with van der Waals surface area (Å²) in [7, 11) is 0. The van der Waals surface area contributed by atoms with E-state index in [1.165, 1.54) is 30.3 Å². The quantitative estimate of drug-likeness (QED) is 0.515. The Morgan fingerprint density at radius 3 is 2.52 bits per heavy atom. The lowest BCUT2D eigenvalue weighted by atomic mass is 9.74. The number of halogens is 1. The van der Waals surface area contributed by atoms with Crippen LogP contribution in [0.25, 0.3) is 0 Å². The minimum atomic E-state index is -0.467. The highest BCUT2D eigenvalue weighted by Gasteiger charge is 2.35. The van der Waals surface area contributed by atoms with Crippen molar-refractivity contribution < 1.29 is 23.8 Å². The second-order valence-corrected chi connectivity index (χ2v) is 7.01. The predicted molar refractivity (Wildman–Crippen MR) is 107 cm³/mol. The van der Waals surface area contributed by atoms with Crippen LogP contribution in [0.2, 0.25) is 0 Å². The zero-order chi connectivity index (χ0) is 20.9. The van der Waals surface area contributed by atoms with E-state index in [0.717, 1.165) is 11.6 Å². The number of benzene rings is 2. The summed E-state index contributed by atoms with van der Waals surface area (Å²) in [6, 6.07) is 10.5. The van der Waals surface area contributed by atoms with Crippen molar-refractivity contribution in [1.82, 2.24) is 5.32 Å². The van der Waals surface area contributed by atoms with E-state index in [1.807, 2.05) is 0 Å². The molecule has 0 radical (unpaired) electrons. The lowest BCUT2D eigenvalue weighted by molar-refractivity contribution is -0.111. The second kappa shape index (κ2) is 8.87. The average Bonchev–Trinajstić information content (AvgIpc) is 2.74. The van der Waals surface area contributed by atoms with Crippen LogP contribution in [0.15, 0.2) is 55.1 Å². The van der Waals surface area contributed by atoms with Gasteiger partial charge >= 0.3 is 0 Å². The maximum Gasteiger partial charge on any atom is 0.255 e. The Bertz CT molecular complexity index is 906. The number of hydrogen-bond donors (Lipinski definition) is 3. The van der Waals surface area contributed by atoms with Crippen LogP contribution in [-0.4, -0.2) is 36.7 Å². The summed E-state index contributed by atoms with van der Waals surface area (Å²) in [5.41, 5.74) is 0.968. The lowest BCUT2D eigenvalue weighted by Crippen LogP contribution is -2.44. The zero-order valence-electron chi connectivity index (χ0n) is 15.9. The Hall–Kier alpha value is -3.19. The molecule has 7 heteroatoms. The fraction of sp³-hybridized carbons (Fsp3) is 0.273. The number of ether oxygens (including phenoxy) is 1. The Balaban J connectivity index is 1.78. The van der Waals surface area contributed by atoms with Crippen LogP contribution in [0.5, 0.6) is 5.75 Å². The van der Waals surface area contributed by atoms with Crippen molar-refractivity contribution in [2.45, 2.75) is 18.3 Å². The molecule has 1 fully saturated rings. The maximum atomic E-state index is 13.4. The normalized spacial score (nSPS) is 15.3. The summed E-state index contributed by atoms with van der Waals surface area (Å²) in [6.45, 7) is 4.78. The molecule has 29 heavy (non-hydrogen) atoms. The maximum absolute atomic E-state index is 13.4. The molecule has 3 rings (SSSR count). The van der Waals surface area contributed by atoms with Gasteiger partial charge in [-0.15, -0.1) is 0 Å². The first-order valence-corrected chi connectivity index (χ1v) is 9.32. The SMILES string of the molecule is C=CC(=O)Nc1ccc(O)c(C(=O)NCC2(c3ccc(F)cc3)CCOCC2)c1. The number of carbonyl (C=O) groups is 2. The minimum absolute atomic E-state index is 0.0492. The summed E-state index contributed by atoms with van der Waals surface area (Å²) in [5.74, 6) is -1.39. The molecule has 1 heterocycles. The number of rotatable bonds is 6. The van der Waals surface area contributed by atoms with Crippen LogP contribution >= 0.6 is 0 Å². The molecule has 3 N–H and O–H groups in total. The van der Waals surface area contributed by atoms with Crippen molar-refractivity contribution in [3.8, 4) is 5.75 Å². The van der Waals surface area contributed by atoms with Gasteiger partial charge in [0.1, 0.15) is 11.6 Å². The van der Waals surface area contributed by atoms with Crippen molar-refractivity contribution in [3.63, 3.8) is 0 Å². The summed E-state index contributed by atoms with van der Waals surface area (Å²) >= 11 is 0. The van der Waals surface area contributed by atoms with Crippen molar-refractivity contribution in [1.29, 1.82) is 0 Å². The highest BCUT2D eigenvalue weighted by molar-refractivity contribution is 6.02. The van der Waals surface area contributed by atoms with Gasteiger partial charge in [0.25, 0.3) is 5.91 Å². The number of hydrogen-bond acceptors (Lipinski definition) is 4. The van der Waals surface area contributed by atoms with Crippen molar-refractivity contribution in [2.75, 3.05) is 25.1 Å². The van der Waals surface area contributed by atoms with Crippen molar-refractivity contribution in [3.05, 3.63) is 72.1 Å². The summed E-state index contributed by atoms with van der Waals surface area (Å²) in [5, 5.41) is 15.5. The third kappa shape index (κ3) is 4.81. The van der Waals surface area contributed by atoms with E-state index >= 15 is 0 Å². The van der Waals surface area contributed by atoms with Crippen molar-refractivity contribution in [2.24, 2.45) is 0 Å². The first-order chi connectivity index (χ1) is 13.9. The molecule has 0 aliphatic carbocycles. The molecule has 0 spiro atoms. The molecule has 0 bridgehead atoms. The van der Waals surface area contributed by atoms with Gasteiger partial charge in [-0.1, -0.05) is 18.7 Å². The van der Waals surface area contributed by atoms with Crippen LogP contribution in [0.1, 0.15) is 28.8 Å². The molecule has 1 aliphatic heterocycles. The first-order valence-electron chi connectivity index (χ1n) is 9.32. The van der Waals surface area contributed by atoms with Gasteiger partial charge in [-0.05, 0) is 54.8 Å². The van der Waals surface area contributed by atoms with E-state index < -0.39 is 11.8 Å². The average molecular weight is 398 g/mol. The van der Waals surface area contributed by atoms with E-state index in [2.05, 4.69) is 17.2 Å². The number of phenols is 1. The summed E-state index contributed by atoms with van der Waals surface area (Å²) in [4.78, 5) is 24.2. The van der Waals surface area contributed by atoms with E-state index in [4.69, 9.17) is 4.74 Å². The van der Waals surface area contributed by atoms with Gasteiger partial charge in [-0.25, -0.2) is 4.39 Å². The van der Waals surface area contributed by atoms with E-state index in [9.17, 15) is 19.1 Å². The molecular formula is C22H23FN2O4. The van der Waals surface area contributed by atoms with Gasteiger partial charge in [0.2, 0.25) is 5.91 Å². The Kier molecular flexibility index (Phi) is 6.29. The van der Waals surface area contributed by atoms with Gasteiger partial charge in [-0.3, -0.25) is 9.59 Å². The molecule has 0 aromatic heterocycles. The summed E-state index contributed by atoms with van der Waals surface area (Å²) in [6.07, 6.45) is 2.48. The number of carbonyl (C=O) groups excluding carboxylic acids is 2. The lowest BCUT2D eigenvalue weighted by Gasteiger charge is -2.38. The number of aromatic hydroxyl groups is 1. The van der Waals surface area contributed by atoms with E-state index in [0.29, 0.717) is 38.3 Å². The van der Waals surface area contributed by atoms with Gasteiger partial charge in [0, 0.05) is 30.9 Å². The molecule has 152 valence electrons. The molecule has 1 aliphatic rings. The smallest absolute Gasteiger partial charge is 0.255 e. The molecular weight excluding hydrogens is 375 g/mol. The third-order valence-electron chi connectivity index (χ3n) is 5.19.